The molecule has 0 atom stereocenters. The van der Waals surface area contributed by atoms with E-state index in [1.54, 1.807) is 12.1 Å². The van der Waals surface area contributed by atoms with Gasteiger partial charge in [0.05, 0.1) is 11.1 Å². The second-order valence-corrected chi connectivity index (χ2v) is 5.56. The van der Waals surface area contributed by atoms with Crippen LogP contribution in [-0.2, 0) is 0 Å². The Morgan fingerprint density at radius 1 is 1.15 bits per heavy atom. The second-order valence-electron chi connectivity index (χ2n) is 4.64. The molecule has 0 bridgehead atoms. The number of imidazole rings is 1. The number of pyridine rings is 1. The Labute approximate surface area is 123 Å². The highest BCUT2D eigenvalue weighted by Gasteiger charge is 2.11. The number of nitrogens with one attached hydrogen (secondary N) is 1. The normalized spacial score (nSPS) is 11.0. The van der Waals surface area contributed by atoms with Crippen LogP contribution in [0.4, 0.5) is 10.2 Å². The Kier molecular flexibility index (Phi) is 3.17. The first-order valence-corrected chi connectivity index (χ1v) is 6.83. The highest BCUT2D eigenvalue weighted by atomic mass is 79.9. The molecule has 0 fully saturated rings. The van der Waals surface area contributed by atoms with Gasteiger partial charge in [0.15, 0.2) is 5.65 Å². The summed E-state index contributed by atoms with van der Waals surface area (Å²) in [6.45, 7) is 0. The largest absolute Gasteiger partial charge is 0.363 e. The molecule has 1 aromatic carbocycles. The predicted octanol–water partition coefficient (Wildman–Crippen LogP) is 3.59. The molecule has 102 valence electrons. The number of aromatic nitrogens is 3. The maximum atomic E-state index is 14.0. The molecule has 2 aromatic heterocycles. The monoisotopic (exact) mass is 334 g/mol. The van der Waals surface area contributed by atoms with Gasteiger partial charge in [-0.1, -0.05) is 15.9 Å². The van der Waals surface area contributed by atoms with Crippen LogP contribution in [0.1, 0.15) is 0 Å². The lowest BCUT2D eigenvalue weighted by molar-refractivity contribution is 0.629. The highest BCUT2D eigenvalue weighted by Crippen LogP contribution is 2.25. The third-order valence-corrected chi connectivity index (χ3v) is 3.47. The minimum absolute atomic E-state index is 0.328. The van der Waals surface area contributed by atoms with Crippen molar-refractivity contribution in [3.8, 4) is 11.4 Å². The summed E-state index contributed by atoms with van der Waals surface area (Å²) in [5.41, 5.74) is 1.79. The molecule has 0 amide bonds. The van der Waals surface area contributed by atoms with Gasteiger partial charge in [-0.15, -0.1) is 0 Å². The van der Waals surface area contributed by atoms with Crippen molar-refractivity contribution in [1.29, 1.82) is 0 Å². The smallest absolute Gasteiger partial charge is 0.180 e. The van der Waals surface area contributed by atoms with Crippen molar-refractivity contribution >= 4 is 32.9 Å². The molecule has 2 heterocycles. The summed E-state index contributed by atoms with van der Waals surface area (Å²) < 4.78 is 14.7. The van der Waals surface area contributed by atoms with Gasteiger partial charge in [0.1, 0.15) is 17.5 Å². The number of aromatic amines is 1. The molecule has 4 nitrogen and oxygen atoms in total. The van der Waals surface area contributed by atoms with Gasteiger partial charge < -0.3 is 9.88 Å². The maximum absolute atomic E-state index is 14.0. The first-order valence-electron chi connectivity index (χ1n) is 6.04. The molecule has 20 heavy (non-hydrogen) atoms. The van der Waals surface area contributed by atoms with E-state index in [0.29, 0.717) is 21.5 Å². The van der Waals surface area contributed by atoms with Crippen LogP contribution < -0.4 is 4.90 Å². The summed E-state index contributed by atoms with van der Waals surface area (Å²) in [5, 5.41) is 0. The topological polar surface area (TPSA) is 44.8 Å². The Hall–Kier alpha value is -1.95. The molecule has 0 saturated heterocycles. The molecule has 3 aromatic rings. The molecule has 1 N–H and O–H groups in total. The lowest BCUT2D eigenvalue weighted by Gasteiger charge is -2.09. The van der Waals surface area contributed by atoms with Crippen LogP contribution in [-0.4, -0.2) is 29.0 Å². The SMILES string of the molecule is CN(C)c1ccc2[nH]c(-c3ccc(Br)cc3F)nc2n1. The quantitative estimate of drug-likeness (QED) is 0.778. The molecule has 0 aliphatic carbocycles. The first kappa shape index (κ1) is 13.1. The zero-order valence-corrected chi connectivity index (χ0v) is 12.6. The third kappa shape index (κ3) is 2.27. The zero-order valence-electron chi connectivity index (χ0n) is 11.0. The number of halogens is 2. The van der Waals surface area contributed by atoms with Gasteiger partial charge >= 0.3 is 0 Å². The number of H-pyrrole nitrogens is 1. The van der Waals surface area contributed by atoms with Gasteiger partial charge in [-0.2, -0.15) is 0 Å². The van der Waals surface area contributed by atoms with Gasteiger partial charge in [0.25, 0.3) is 0 Å². The lowest BCUT2D eigenvalue weighted by Crippen LogP contribution is -2.10. The fourth-order valence-electron chi connectivity index (χ4n) is 1.94. The Bertz CT molecular complexity index is 782. The number of rotatable bonds is 2. The van der Waals surface area contributed by atoms with Crippen molar-refractivity contribution in [2.45, 2.75) is 0 Å². The minimum Gasteiger partial charge on any atom is -0.363 e. The van der Waals surface area contributed by atoms with Crippen LogP contribution in [0.5, 0.6) is 0 Å². The number of benzene rings is 1. The van der Waals surface area contributed by atoms with Crippen LogP contribution in [0.15, 0.2) is 34.8 Å². The Morgan fingerprint density at radius 2 is 1.95 bits per heavy atom. The number of fused-ring (bicyclic) bond motifs is 1. The van der Waals surface area contributed by atoms with E-state index in [1.165, 1.54) is 6.07 Å². The summed E-state index contributed by atoms with van der Waals surface area (Å²) in [7, 11) is 3.83. The fraction of sp³-hybridized carbons (Fsp3) is 0.143. The van der Waals surface area contributed by atoms with Gasteiger partial charge in [-0.25, -0.2) is 14.4 Å². The van der Waals surface area contributed by atoms with E-state index in [-0.39, 0.29) is 5.82 Å². The maximum Gasteiger partial charge on any atom is 0.180 e. The summed E-state index contributed by atoms with van der Waals surface area (Å²) in [6, 6.07) is 8.67. The van der Waals surface area contributed by atoms with Crippen molar-refractivity contribution in [2.75, 3.05) is 19.0 Å². The van der Waals surface area contributed by atoms with E-state index in [0.717, 1.165) is 11.3 Å². The minimum atomic E-state index is -0.328. The lowest BCUT2D eigenvalue weighted by atomic mass is 10.2. The summed E-state index contributed by atoms with van der Waals surface area (Å²) >= 11 is 3.24. The van der Waals surface area contributed by atoms with Crippen molar-refractivity contribution < 1.29 is 4.39 Å². The standard InChI is InChI=1S/C14H12BrFN4/c1-20(2)12-6-5-11-14(18-12)19-13(17-11)9-4-3-8(15)7-10(9)16/h3-7H,1-2H3,(H,17,18,19). The van der Waals surface area contributed by atoms with Crippen molar-refractivity contribution in [1.82, 2.24) is 15.0 Å². The van der Waals surface area contributed by atoms with Crippen molar-refractivity contribution in [3.05, 3.63) is 40.6 Å². The Balaban J connectivity index is 2.13. The van der Waals surface area contributed by atoms with Gasteiger partial charge in [0, 0.05) is 18.6 Å². The van der Waals surface area contributed by atoms with Crippen molar-refractivity contribution in [2.24, 2.45) is 0 Å². The van der Waals surface area contributed by atoms with E-state index in [1.807, 2.05) is 31.1 Å². The van der Waals surface area contributed by atoms with Crippen LogP contribution >= 0.6 is 15.9 Å². The number of hydrogen-bond acceptors (Lipinski definition) is 3. The van der Waals surface area contributed by atoms with E-state index >= 15 is 0 Å². The molecule has 0 unspecified atom stereocenters. The van der Waals surface area contributed by atoms with E-state index in [9.17, 15) is 4.39 Å². The summed E-state index contributed by atoms with van der Waals surface area (Å²) in [6.07, 6.45) is 0. The summed E-state index contributed by atoms with van der Waals surface area (Å²) in [5.74, 6) is 0.964. The molecule has 0 aliphatic rings. The molecule has 3 rings (SSSR count). The molecule has 0 saturated carbocycles. The summed E-state index contributed by atoms with van der Waals surface area (Å²) in [4.78, 5) is 13.8. The van der Waals surface area contributed by atoms with Crippen LogP contribution in [0.2, 0.25) is 0 Å². The fourth-order valence-corrected chi connectivity index (χ4v) is 2.27. The van der Waals surface area contributed by atoms with Crippen LogP contribution in [0.3, 0.4) is 0 Å². The molecule has 0 spiro atoms. The first-order chi connectivity index (χ1) is 9.54. The van der Waals surface area contributed by atoms with Crippen LogP contribution in [0.25, 0.3) is 22.6 Å². The number of anilines is 1. The molecule has 0 aliphatic heterocycles. The number of hydrogen-bond donors (Lipinski definition) is 1. The van der Waals surface area contributed by atoms with E-state index < -0.39 is 0 Å². The van der Waals surface area contributed by atoms with Gasteiger partial charge in [-0.05, 0) is 30.3 Å². The third-order valence-electron chi connectivity index (χ3n) is 2.98. The van der Waals surface area contributed by atoms with Crippen molar-refractivity contribution in [3.63, 3.8) is 0 Å². The Morgan fingerprint density at radius 3 is 2.65 bits per heavy atom. The number of nitrogens with zero attached hydrogens (tertiary/aromatic N) is 3. The molecular formula is C14H12BrFN4. The predicted molar refractivity (Wildman–Crippen MR) is 81.3 cm³/mol. The van der Waals surface area contributed by atoms with E-state index in [2.05, 4.69) is 30.9 Å². The zero-order chi connectivity index (χ0) is 14.3. The van der Waals surface area contributed by atoms with Crippen LogP contribution in [0, 0.1) is 5.82 Å². The molecular weight excluding hydrogens is 323 g/mol. The molecule has 0 radical (unpaired) electrons. The van der Waals surface area contributed by atoms with Gasteiger partial charge in [0.2, 0.25) is 0 Å². The highest BCUT2D eigenvalue weighted by molar-refractivity contribution is 9.10. The second kappa shape index (κ2) is 4.86. The molecule has 6 heteroatoms. The average molecular weight is 335 g/mol. The average Bonchev–Trinajstić information content (AvgIpc) is 2.80. The van der Waals surface area contributed by atoms with E-state index in [4.69, 9.17) is 0 Å². The van der Waals surface area contributed by atoms with Gasteiger partial charge in [-0.3, -0.25) is 0 Å².